The molecule has 0 unspecified atom stereocenters. The van der Waals surface area contributed by atoms with E-state index in [0.29, 0.717) is 12.0 Å². The van der Waals surface area contributed by atoms with Gasteiger partial charge in [-0.25, -0.2) is 4.79 Å². The molecule has 0 aromatic carbocycles. The molecule has 0 saturated heterocycles. The smallest absolute Gasteiger partial charge is 0.315 e. The third-order valence-electron chi connectivity index (χ3n) is 3.03. The first-order valence-electron chi connectivity index (χ1n) is 6.00. The number of urea groups is 1. The summed E-state index contributed by atoms with van der Waals surface area (Å²) in [5.74, 6) is 0.603. The third-order valence-corrected chi connectivity index (χ3v) is 3.03. The summed E-state index contributed by atoms with van der Waals surface area (Å²) in [6, 6.07) is 0.311. The Morgan fingerprint density at radius 3 is 2.87 bits per heavy atom. The zero-order valence-electron chi connectivity index (χ0n) is 9.59. The number of hydrogen-bond donors (Lipinski definition) is 3. The molecule has 0 spiro atoms. The van der Waals surface area contributed by atoms with Crippen LogP contribution in [0.3, 0.4) is 0 Å². The highest BCUT2D eigenvalue weighted by molar-refractivity contribution is 5.74. The Labute approximate surface area is 92.0 Å². The van der Waals surface area contributed by atoms with Gasteiger partial charge in [-0.1, -0.05) is 13.3 Å². The third kappa shape index (κ3) is 4.51. The molecule has 0 bridgehead atoms. The normalized spacial score (nSPS) is 25.2. The molecule has 88 valence electrons. The summed E-state index contributed by atoms with van der Waals surface area (Å²) in [5, 5.41) is 5.86. The molecule has 4 nitrogen and oxygen atoms in total. The van der Waals surface area contributed by atoms with Gasteiger partial charge in [-0.05, 0) is 38.1 Å². The molecule has 2 amide bonds. The van der Waals surface area contributed by atoms with Crippen LogP contribution in [0.2, 0.25) is 0 Å². The van der Waals surface area contributed by atoms with Crippen molar-refractivity contribution in [2.45, 2.75) is 45.1 Å². The Kier molecular flexibility index (Phi) is 5.47. The van der Waals surface area contributed by atoms with Gasteiger partial charge in [0.25, 0.3) is 0 Å². The summed E-state index contributed by atoms with van der Waals surface area (Å²) in [6.45, 7) is 3.63. The Bertz CT molecular complexity index is 196. The molecule has 2 atom stereocenters. The highest BCUT2D eigenvalue weighted by Crippen LogP contribution is 2.24. The molecule has 1 rings (SSSR count). The molecule has 0 aromatic heterocycles. The maximum Gasteiger partial charge on any atom is 0.315 e. The quantitative estimate of drug-likeness (QED) is 0.601. The van der Waals surface area contributed by atoms with E-state index in [1.165, 1.54) is 0 Å². The van der Waals surface area contributed by atoms with Crippen LogP contribution >= 0.6 is 0 Å². The minimum Gasteiger partial charge on any atom is -0.338 e. The summed E-state index contributed by atoms with van der Waals surface area (Å²) in [5.41, 5.74) is 5.60. The minimum absolute atomic E-state index is 0.0221. The van der Waals surface area contributed by atoms with Gasteiger partial charge >= 0.3 is 6.03 Å². The summed E-state index contributed by atoms with van der Waals surface area (Å²) >= 11 is 0. The van der Waals surface area contributed by atoms with Crippen molar-refractivity contribution in [3.63, 3.8) is 0 Å². The number of carbonyl (C=O) groups is 1. The van der Waals surface area contributed by atoms with Crippen molar-refractivity contribution < 1.29 is 4.79 Å². The predicted octanol–water partition coefficient (Wildman–Crippen LogP) is 1.21. The van der Waals surface area contributed by atoms with E-state index >= 15 is 0 Å². The molecule has 0 aromatic rings. The molecule has 0 heterocycles. The van der Waals surface area contributed by atoms with E-state index < -0.39 is 0 Å². The molecule has 0 aliphatic heterocycles. The van der Waals surface area contributed by atoms with Crippen molar-refractivity contribution in [3.05, 3.63) is 0 Å². The second kappa shape index (κ2) is 6.67. The average Bonchev–Trinajstić information content (AvgIpc) is 2.66. The summed E-state index contributed by atoms with van der Waals surface area (Å²) in [7, 11) is 0. The molecular formula is C11H23N3O. The van der Waals surface area contributed by atoms with E-state index in [1.54, 1.807) is 0 Å². The van der Waals surface area contributed by atoms with Crippen molar-refractivity contribution >= 4 is 6.03 Å². The van der Waals surface area contributed by atoms with Crippen LogP contribution in [-0.2, 0) is 0 Å². The van der Waals surface area contributed by atoms with Crippen LogP contribution in [0.4, 0.5) is 4.79 Å². The summed E-state index contributed by atoms with van der Waals surface area (Å²) < 4.78 is 0. The Morgan fingerprint density at radius 1 is 1.47 bits per heavy atom. The summed E-state index contributed by atoms with van der Waals surface area (Å²) in [4.78, 5) is 11.4. The number of hydrogen-bond acceptors (Lipinski definition) is 2. The van der Waals surface area contributed by atoms with Crippen LogP contribution in [0.15, 0.2) is 0 Å². The molecule has 0 radical (unpaired) electrons. The first-order chi connectivity index (χ1) is 7.26. The Morgan fingerprint density at radius 2 is 2.27 bits per heavy atom. The van der Waals surface area contributed by atoms with E-state index in [1.807, 2.05) is 0 Å². The van der Waals surface area contributed by atoms with Crippen LogP contribution in [0.5, 0.6) is 0 Å². The van der Waals surface area contributed by atoms with Crippen molar-refractivity contribution in [2.24, 2.45) is 11.7 Å². The summed E-state index contributed by atoms with van der Waals surface area (Å²) in [6.07, 6.45) is 5.42. The second-order valence-electron chi connectivity index (χ2n) is 4.37. The molecule has 15 heavy (non-hydrogen) atoms. The van der Waals surface area contributed by atoms with E-state index in [9.17, 15) is 4.79 Å². The van der Waals surface area contributed by atoms with Crippen LogP contribution < -0.4 is 16.4 Å². The number of nitrogens with two attached hydrogens (primary N) is 1. The van der Waals surface area contributed by atoms with Gasteiger partial charge < -0.3 is 16.4 Å². The van der Waals surface area contributed by atoms with E-state index in [-0.39, 0.29) is 6.03 Å². The molecule has 1 aliphatic rings. The molecule has 4 N–H and O–H groups in total. The molecular weight excluding hydrogens is 190 g/mol. The monoisotopic (exact) mass is 213 g/mol. The maximum absolute atomic E-state index is 11.4. The van der Waals surface area contributed by atoms with Crippen LogP contribution in [0, 0.1) is 5.92 Å². The first kappa shape index (κ1) is 12.3. The number of rotatable bonds is 5. The molecule has 1 aliphatic carbocycles. The van der Waals surface area contributed by atoms with Gasteiger partial charge in [0, 0.05) is 12.6 Å². The molecule has 1 saturated carbocycles. The van der Waals surface area contributed by atoms with E-state index in [4.69, 9.17) is 5.73 Å². The van der Waals surface area contributed by atoms with Gasteiger partial charge in [0.05, 0.1) is 0 Å². The van der Waals surface area contributed by atoms with E-state index in [2.05, 4.69) is 17.6 Å². The first-order valence-corrected chi connectivity index (χ1v) is 6.00. The Balaban J connectivity index is 2.10. The SMILES string of the molecule is CCCCNC(=O)N[C@@H]1CC[C@H](CN)C1. The lowest BCUT2D eigenvalue weighted by Crippen LogP contribution is -2.41. The molecule has 4 heteroatoms. The lowest BCUT2D eigenvalue weighted by molar-refractivity contribution is 0.236. The average molecular weight is 213 g/mol. The van der Waals surface area contributed by atoms with Crippen molar-refractivity contribution in [1.82, 2.24) is 10.6 Å². The topological polar surface area (TPSA) is 67.2 Å². The van der Waals surface area contributed by atoms with Gasteiger partial charge in [-0.15, -0.1) is 0 Å². The van der Waals surface area contributed by atoms with E-state index in [0.717, 1.165) is 45.2 Å². The lowest BCUT2D eigenvalue weighted by atomic mass is 10.1. The fourth-order valence-corrected chi connectivity index (χ4v) is 2.04. The largest absolute Gasteiger partial charge is 0.338 e. The van der Waals surface area contributed by atoms with Crippen LogP contribution in [0.25, 0.3) is 0 Å². The van der Waals surface area contributed by atoms with Gasteiger partial charge in [0.1, 0.15) is 0 Å². The highest BCUT2D eigenvalue weighted by atomic mass is 16.2. The van der Waals surface area contributed by atoms with Crippen LogP contribution in [-0.4, -0.2) is 25.2 Å². The lowest BCUT2D eigenvalue weighted by Gasteiger charge is -2.13. The number of unbranched alkanes of at least 4 members (excludes halogenated alkanes) is 1. The van der Waals surface area contributed by atoms with Crippen molar-refractivity contribution in [2.75, 3.05) is 13.1 Å². The predicted molar refractivity (Wildman–Crippen MR) is 61.6 cm³/mol. The fourth-order valence-electron chi connectivity index (χ4n) is 2.04. The standard InChI is InChI=1S/C11H23N3O/c1-2-3-6-13-11(15)14-10-5-4-9(7-10)8-12/h9-10H,2-8,12H2,1H3,(H2,13,14,15)/t9-,10+/m0/s1. The number of carbonyl (C=O) groups excluding carboxylic acids is 1. The fraction of sp³-hybridized carbons (Fsp3) is 0.909. The second-order valence-corrected chi connectivity index (χ2v) is 4.37. The number of amides is 2. The molecule has 1 fully saturated rings. The Hall–Kier alpha value is -0.770. The number of nitrogens with one attached hydrogen (secondary N) is 2. The minimum atomic E-state index is -0.0221. The zero-order valence-corrected chi connectivity index (χ0v) is 9.59. The van der Waals surface area contributed by atoms with Gasteiger partial charge in [-0.2, -0.15) is 0 Å². The maximum atomic E-state index is 11.4. The van der Waals surface area contributed by atoms with Gasteiger partial charge in [0.2, 0.25) is 0 Å². The van der Waals surface area contributed by atoms with Crippen molar-refractivity contribution in [1.29, 1.82) is 0 Å². The zero-order chi connectivity index (χ0) is 11.1. The van der Waals surface area contributed by atoms with Gasteiger partial charge in [-0.3, -0.25) is 0 Å². The van der Waals surface area contributed by atoms with Crippen LogP contribution in [0.1, 0.15) is 39.0 Å². The van der Waals surface area contributed by atoms with Gasteiger partial charge in [0.15, 0.2) is 0 Å². The highest BCUT2D eigenvalue weighted by Gasteiger charge is 2.24. The van der Waals surface area contributed by atoms with Crippen molar-refractivity contribution in [3.8, 4) is 0 Å².